The third kappa shape index (κ3) is 3.79. The molecule has 0 aliphatic carbocycles. The zero-order valence-corrected chi connectivity index (χ0v) is 23.2. The summed E-state index contributed by atoms with van der Waals surface area (Å²) >= 11 is 0. The van der Waals surface area contributed by atoms with Crippen LogP contribution in [-0.2, 0) is 10.8 Å². The van der Waals surface area contributed by atoms with Crippen LogP contribution < -0.4 is 19.9 Å². The van der Waals surface area contributed by atoms with Crippen molar-refractivity contribution in [2.75, 3.05) is 13.2 Å². The molecule has 202 valence electrons. The highest BCUT2D eigenvalue weighted by Gasteiger charge is 2.38. The van der Waals surface area contributed by atoms with Gasteiger partial charge in [-0.05, 0) is 57.3 Å². The first-order valence-electron chi connectivity index (χ1n) is 14.6. The molecule has 0 aromatic heterocycles. The second kappa shape index (κ2) is 9.78. The molecule has 6 aromatic carbocycles. The molecule has 0 bridgehead atoms. The Bertz CT molecular complexity index is 1790. The first kappa shape index (κ1) is 24.7. The minimum Gasteiger partial charge on any atom is -0.491 e. The van der Waals surface area contributed by atoms with E-state index in [1.54, 1.807) is 0 Å². The maximum Gasteiger partial charge on any atom is 0.126 e. The van der Waals surface area contributed by atoms with Gasteiger partial charge in [-0.15, -0.1) is 0 Å². The first-order valence-corrected chi connectivity index (χ1v) is 14.6. The van der Waals surface area contributed by atoms with Crippen molar-refractivity contribution in [3.05, 3.63) is 178 Å². The summed E-state index contributed by atoms with van der Waals surface area (Å²) < 4.78 is 13.2. The average Bonchev–Trinajstić information content (AvgIpc) is 3.09. The molecule has 2 heteroatoms. The van der Waals surface area contributed by atoms with Gasteiger partial charge in [-0.2, -0.15) is 0 Å². The van der Waals surface area contributed by atoms with Crippen LogP contribution in [-0.4, -0.2) is 13.2 Å². The highest BCUT2D eigenvalue weighted by Crippen LogP contribution is 2.40. The van der Waals surface area contributed by atoms with Crippen LogP contribution in [0.1, 0.15) is 22.3 Å². The molecule has 0 saturated carbocycles. The van der Waals surface area contributed by atoms with Gasteiger partial charge in [0, 0.05) is 10.4 Å². The van der Waals surface area contributed by atoms with E-state index in [1.807, 2.05) is 0 Å². The highest BCUT2D eigenvalue weighted by molar-refractivity contribution is 5.90. The van der Waals surface area contributed by atoms with Crippen molar-refractivity contribution in [3.8, 4) is 11.5 Å². The molecule has 0 amide bonds. The number of rotatable bonds is 4. The lowest BCUT2D eigenvalue weighted by atomic mass is 9.72. The molecule has 0 unspecified atom stereocenters. The maximum absolute atomic E-state index is 6.61. The maximum atomic E-state index is 6.61. The van der Waals surface area contributed by atoms with E-state index >= 15 is 0 Å². The summed E-state index contributed by atoms with van der Waals surface area (Å²) in [6.07, 6.45) is 4.85. The van der Waals surface area contributed by atoms with Crippen molar-refractivity contribution in [1.82, 2.24) is 0 Å². The lowest BCUT2D eigenvalue weighted by Gasteiger charge is -2.36. The molecule has 8 rings (SSSR count). The van der Waals surface area contributed by atoms with Crippen molar-refractivity contribution >= 4 is 22.9 Å². The Morgan fingerprint density at radius 3 is 0.976 bits per heavy atom. The molecule has 6 aromatic rings. The summed E-state index contributed by atoms with van der Waals surface area (Å²) in [5.74, 6) is 1.83. The summed E-state index contributed by atoms with van der Waals surface area (Å²) in [7, 11) is 0. The Kier molecular flexibility index (Phi) is 5.75. The smallest absolute Gasteiger partial charge is 0.126 e. The van der Waals surface area contributed by atoms with Crippen molar-refractivity contribution < 1.29 is 9.47 Å². The fourth-order valence-corrected chi connectivity index (χ4v) is 6.86. The predicted molar refractivity (Wildman–Crippen MR) is 170 cm³/mol. The van der Waals surface area contributed by atoms with E-state index in [0.717, 1.165) is 21.9 Å². The summed E-state index contributed by atoms with van der Waals surface area (Å²) in [4.78, 5) is 0. The van der Waals surface area contributed by atoms with Crippen molar-refractivity contribution in [1.29, 1.82) is 0 Å². The zero-order valence-electron chi connectivity index (χ0n) is 23.2. The Morgan fingerprint density at radius 2 is 0.667 bits per heavy atom. The number of hydrogen-bond acceptors (Lipinski definition) is 2. The summed E-state index contributed by atoms with van der Waals surface area (Å²) in [5, 5.41) is 4.58. The molecule has 0 saturated heterocycles. The molecular formula is C40H30O2. The van der Waals surface area contributed by atoms with Crippen molar-refractivity contribution in [2.45, 2.75) is 10.8 Å². The van der Waals surface area contributed by atoms with E-state index in [4.69, 9.17) is 9.47 Å². The Morgan fingerprint density at radius 1 is 0.357 bits per heavy atom. The average molecular weight is 543 g/mol. The largest absolute Gasteiger partial charge is 0.491 e. The summed E-state index contributed by atoms with van der Waals surface area (Å²) in [5.41, 5.74) is 4.07. The monoisotopic (exact) mass is 542 g/mol. The lowest BCUT2D eigenvalue weighted by molar-refractivity contribution is 0.265. The van der Waals surface area contributed by atoms with Gasteiger partial charge in [-0.1, -0.05) is 133 Å². The fraction of sp³-hybridized carbons (Fsp3) is 0.100. The van der Waals surface area contributed by atoms with E-state index in [-0.39, 0.29) is 0 Å². The van der Waals surface area contributed by atoms with Gasteiger partial charge in [0.1, 0.15) is 24.7 Å². The molecule has 2 nitrogen and oxygen atoms in total. The number of fused-ring (bicyclic) bond motifs is 5. The number of ether oxygens (including phenoxy) is 2. The SMILES string of the molecule is C1=c2c(ccc3c4c(ccc23)OCC(c2ccccc2)(c2ccccc2)C=4)OCC1(c1ccccc1)c1ccccc1. The first-order chi connectivity index (χ1) is 20.8. The van der Waals surface area contributed by atoms with E-state index in [1.165, 1.54) is 33.0 Å². The number of benzene rings is 6. The van der Waals surface area contributed by atoms with Gasteiger partial charge in [-0.25, -0.2) is 0 Å². The molecule has 2 aliphatic rings. The van der Waals surface area contributed by atoms with Gasteiger partial charge in [0.2, 0.25) is 0 Å². The molecule has 0 N–H and O–H groups in total. The highest BCUT2D eigenvalue weighted by atomic mass is 16.5. The Balaban J connectivity index is 1.42. The Labute approximate surface area is 245 Å². The van der Waals surface area contributed by atoms with Crippen LogP contribution in [0.5, 0.6) is 11.5 Å². The Hall–Kier alpha value is -5.08. The van der Waals surface area contributed by atoms with Gasteiger partial charge in [0.05, 0.1) is 10.8 Å². The zero-order chi connectivity index (χ0) is 28.0. The minimum atomic E-state index is -0.405. The minimum absolute atomic E-state index is 0.405. The lowest BCUT2D eigenvalue weighted by Crippen LogP contribution is -2.40. The third-order valence-electron chi connectivity index (χ3n) is 9.05. The van der Waals surface area contributed by atoms with Crippen molar-refractivity contribution in [3.63, 3.8) is 0 Å². The molecule has 0 atom stereocenters. The molecule has 0 radical (unpaired) electrons. The van der Waals surface area contributed by atoms with E-state index < -0.39 is 10.8 Å². The topological polar surface area (TPSA) is 18.5 Å². The normalized spacial score (nSPS) is 16.1. The second-order valence-electron chi connectivity index (χ2n) is 11.3. The van der Waals surface area contributed by atoms with Crippen LogP contribution in [0.4, 0.5) is 0 Å². The van der Waals surface area contributed by atoms with Gasteiger partial charge in [0.15, 0.2) is 0 Å². The predicted octanol–water partition coefficient (Wildman–Crippen LogP) is 7.16. The van der Waals surface area contributed by atoms with E-state index in [0.29, 0.717) is 13.2 Å². The molecule has 0 fully saturated rings. The molecule has 2 heterocycles. The standard InChI is InChI=1S/C40H30O2/c1-5-13-29(14-6-1)39(30-15-7-2-8-16-30)25-35-33-21-24-38-36(34(33)22-23-37(35)41-27-39)26-40(28-42-38,31-17-9-3-10-18-31)32-19-11-4-12-20-32/h1-26H,27-28H2. The van der Waals surface area contributed by atoms with Gasteiger partial charge < -0.3 is 9.47 Å². The quantitative estimate of drug-likeness (QED) is 0.235. The van der Waals surface area contributed by atoms with Crippen LogP contribution in [0, 0.1) is 0 Å². The molecule has 42 heavy (non-hydrogen) atoms. The molecule has 2 aliphatic heterocycles. The van der Waals surface area contributed by atoms with Gasteiger partial charge >= 0.3 is 0 Å². The van der Waals surface area contributed by atoms with Crippen LogP contribution in [0.25, 0.3) is 22.9 Å². The summed E-state index contributed by atoms with van der Waals surface area (Å²) in [6, 6.07) is 51.5. The summed E-state index contributed by atoms with van der Waals surface area (Å²) in [6.45, 7) is 1.09. The van der Waals surface area contributed by atoms with Crippen molar-refractivity contribution in [2.24, 2.45) is 0 Å². The van der Waals surface area contributed by atoms with Gasteiger partial charge in [0.25, 0.3) is 0 Å². The van der Waals surface area contributed by atoms with Gasteiger partial charge in [-0.3, -0.25) is 0 Å². The van der Waals surface area contributed by atoms with Crippen LogP contribution in [0.3, 0.4) is 0 Å². The van der Waals surface area contributed by atoms with E-state index in [9.17, 15) is 0 Å². The van der Waals surface area contributed by atoms with Crippen LogP contribution in [0.15, 0.2) is 146 Å². The number of hydrogen-bond donors (Lipinski definition) is 0. The van der Waals surface area contributed by atoms with Crippen LogP contribution in [0.2, 0.25) is 0 Å². The third-order valence-corrected chi connectivity index (χ3v) is 9.05. The van der Waals surface area contributed by atoms with E-state index in [2.05, 4.69) is 158 Å². The fourth-order valence-electron chi connectivity index (χ4n) is 6.86. The molecule has 0 spiro atoms. The molecular weight excluding hydrogens is 512 g/mol. The van der Waals surface area contributed by atoms with Crippen LogP contribution >= 0.6 is 0 Å². The second-order valence-corrected chi connectivity index (χ2v) is 11.3.